The summed E-state index contributed by atoms with van der Waals surface area (Å²) in [6.07, 6.45) is 7.63. The van der Waals surface area contributed by atoms with E-state index in [9.17, 15) is 9.36 Å². The summed E-state index contributed by atoms with van der Waals surface area (Å²) in [6.45, 7) is 7.17. The van der Waals surface area contributed by atoms with Crippen molar-refractivity contribution in [3.8, 4) is 16.9 Å². The average molecular weight is 552 g/mol. The number of ether oxygens (including phenoxy) is 1. The van der Waals surface area contributed by atoms with Gasteiger partial charge in [-0.3, -0.25) is 9.36 Å². The molecule has 0 saturated carbocycles. The van der Waals surface area contributed by atoms with E-state index in [1.54, 1.807) is 26.0 Å². The molecule has 210 valence electrons. The second-order valence-electron chi connectivity index (χ2n) is 9.48. The van der Waals surface area contributed by atoms with Gasteiger partial charge in [-0.2, -0.15) is 0 Å². The Morgan fingerprint density at radius 2 is 1.38 bits per heavy atom. The SMILES string of the molecule is CCCCCCCCOc1ccc(-c2ccc(C(=O)Nc3cccc(CP(=O)(OCC)OCC)c3)cc2)cc1. The highest BCUT2D eigenvalue weighted by Crippen LogP contribution is 2.51. The van der Waals surface area contributed by atoms with E-state index in [4.69, 9.17) is 13.8 Å². The molecule has 0 saturated heterocycles. The molecule has 1 amide bonds. The van der Waals surface area contributed by atoms with Gasteiger partial charge in [-0.25, -0.2) is 0 Å². The van der Waals surface area contributed by atoms with Crippen molar-refractivity contribution >= 4 is 19.2 Å². The molecule has 3 aromatic carbocycles. The van der Waals surface area contributed by atoms with Gasteiger partial charge in [0, 0.05) is 11.3 Å². The van der Waals surface area contributed by atoms with Crippen LogP contribution in [0.3, 0.4) is 0 Å². The Balaban J connectivity index is 1.53. The molecule has 39 heavy (non-hydrogen) atoms. The number of unbranched alkanes of at least 4 members (excludes halogenated alkanes) is 5. The van der Waals surface area contributed by atoms with Crippen molar-refractivity contribution in [2.45, 2.75) is 65.5 Å². The zero-order valence-electron chi connectivity index (χ0n) is 23.5. The van der Waals surface area contributed by atoms with Crippen LogP contribution in [-0.4, -0.2) is 25.7 Å². The third-order valence-electron chi connectivity index (χ3n) is 6.31. The molecule has 0 radical (unpaired) electrons. The predicted octanol–water partition coefficient (Wildman–Crippen LogP) is 9.11. The predicted molar refractivity (Wildman–Crippen MR) is 160 cm³/mol. The molecule has 0 atom stereocenters. The minimum Gasteiger partial charge on any atom is -0.494 e. The minimum absolute atomic E-state index is 0.149. The lowest BCUT2D eigenvalue weighted by Crippen LogP contribution is -2.12. The quantitative estimate of drug-likeness (QED) is 0.134. The number of amides is 1. The van der Waals surface area contributed by atoms with Crippen LogP contribution in [0.1, 0.15) is 75.2 Å². The molecule has 0 aliphatic carbocycles. The van der Waals surface area contributed by atoms with Crippen LogP contribution in [0.4, 0.5) is 5.69 Å². The van der Waals surface area contributed by atoms with Crippen molar-refractivity contribution in [3.05, 3.63) is 83.9 Å². The Labute approximate surface area is 233 Å². The Morgan fingerprint density at radius 3 is 2.03 bits per heavy atom. The van der Waals surface area contributed by atoms with Crippen LogP contribution in [0.15, 0.2) is 72.8 Å². The summed E-state index contributed by atoms with van der Waals surface area (Å²) in [5, 5.41) is 2.93. The van der Waals surface area contributed by atoms with Gasteiger partial charge in [0.25, 0.3) is 5.91 Å². The topological polar surface area (TPSA) is 73.9 Å². The first-order chi connectivity index (χ1) is 19.0. The highest BCUT2D eigenvalue weighted by molar-refractivity contribution is 7.53. The molecular weight excluding hydrogens is 509 g/mol. The van der Waals surface area contributed by atoms with Crippen molar-refractivity contribution < 1.29 is 23.1 Å². The molecule has 0 fully saturated rings. The number of nitrogens with one attached hydrogen (secondary N) is 1. The molecule has 1 N–H and O–H groups in total. The largest absolute Gasteiger partial charge is 0.494 e. The number of carbonyl (C=O) groups excluding carboxylic acids is 1. The fourth-order valence-corrected chi connectivity index (χ4v) is 6.01. The summed E-state index contributed by atoms with van der Waals surface area (Å²) in [4.78, 5) is 12.9. The summed E-state index contributed by atoms with van der Waals surface area (Å²) in [5.74, 6) is 0.666. The van der Waals surface area contributed by atoms with Gasteiger partial charge in [0.05, 0.1) is 26.0 Å². The van der Waals surface area contributed by atoms with E-state index in [1.165, 1.54) is 32.1 Å². The molecule has 0 bridgehead atoms. The Kier molecular flexibility index (Phi) is 12.8. The molecule has 0 spiro atoms. The van der Waals surface area contributed by atoms with Crippen LogP contribution in [0.5, 0.6) is 5.75 Å². The van der Waals surface area contributed by atoms with E-state index >= 15 is 0 Å². The number of hydrogen-bond donors (Lipinski definition) is 1. The summed E-state index contributed by atoms with van der Waals surface area (Å²) >= 11 is 0. The molecule has 0 heterocycles. The lowest BCUT2D eigenvalue weighted by Gasteiger charge is -2.17. The second kappa shape index (κ2) is 16.2. The van der Waals surface area contributed by atoms with Gasteiger partial charge in [-0.1, -0.05) is 75.4 Å². The molecule has 0 aliphatic rings. The van der Waals surface area contributed by atoms with Crippen molar-refractivity contribution in [2.24, 2.45) is 0 Å². The number of carbonyl (C=O) groups is 1. The first-order valence-corrected chi connectivity index (χ1v) is 15.8. The monoisotopic (exact) mass is 551 g/mol. The van der Waals surface area contributed by atoms with Gasteiger partial charge in [0.1, 0.15) is 5.75 Å². The summed E-state index contributed by atoms with van der Waals surface area (Å²) in [7, 11) is -3.22. The van der Waals surface area contributed by atoms with Gasteiger partial charge in [0.15, 0.2) is 0 Å². The molecule has 7 heteroatoms. The third-order valence-corrected chi connectivity index (χ3v) is 8.37. The zero-order chi connectivity index (χ0) is 27.9. The van der Waals surface area contributed by atoms with E-state index in [1.807, 2.05) is 60.7 Å². The Bertz CT molecular complexity index is 1180. The van der Waals surface area contributed by atoms with Crippen LogP contribution >= 0.6 is 7.60 Å². The average Bonchev–Trinajstić information content (AvgIpc) is 2.93. The van der Waals surface area contributed by atoms with Gasteiger partial charge in [-0.15, -0.1) is 0 Å². The van der Waals surface area contributed by atoms with Gasteiger partial charge in [0.2, 0.25) is 0 Å². The van der Waals surface area contributed by atoms with Crippen molar-refractivity contribution in [3.63, 3.8) is 0 Å². The maximum atomic E-state index is 12.9. The van der Waals surface area contributed by atoms with E-state index in [2.05, 4.69) is 12.2 Å². The van der Waals surface area contributed by atoms with Crippen LogP contribution in [-0.2, 0) is 19.8 Å². The van der Waals surface area contributed by atoms with E-state index in [-0.39, 0.29) is 12.1 Å². The van der Waals surface area contributed by atoms with Crippen LogP contribution in [0.25, 0.3) is 11.1 Å². The van der Waals surface area contributed by atoms with E-state index in [0.717, 1.165) is 35.5 Å². The summed E-state index contributed by atoms with van der Waals surface area (Å²) < 4.78 is 29.5. The number of benzene rings is 3. The molecule has 0 aromatic heterocycles. The molecule has 0 unspecified atom stereocenters. The highest BCUT2D eigenvalue weighted by Gasteiger charge is 2.24. The first-order valence-electron chi connectivity index (χ1n) is 14.1. The highest BCUT2D eigenvalue weighted by atomic mass is 31.2. The van der Waals surface area contributed by atoms with E-state index < -0.39 is 7.60 Å². The lowest BCUT2D eigenvalue weighted by molar-refractivity contribution is 0.102. The lowest BCUT2D eigenvalue weighted by atomic mass is 10.0. The van der Waals surface area contributed by atoms with Crippen molar-refractivity contribution in [2.75, 3.05) is 25.1 Å². The van der Waals surface area contributed by atoms with Crippen LogP contribution in [0.2, 0.25) is 0 Å². The van der Waals surface area contributed by atoms with Gasteiger partial charge in [-0.05, 0) is 73.4 Å². The van der Waals surface area contributed by atoms with Crippen molar-refractivity contribution in [1.82, 2.24) is 0 Å². The first kappa shape index (κ1) is 30.6. The normalized spacial score (nSPS) is 11.4. The van der Waals surface area contributed by atoms with Crippen molar-refractivity contribution in [1.29, 1.82) is 0 Å². The minimum atomic E-state index is -3.22. The Hall–Kier alpha value is -2.92. The summed E-state index contributed by atoms with van der Waals surface area (Å²) in [6, 6.07) is 22.9. The maximum Gasteiger partial charge on any atom is 0.335 e. The Morgan fingerprint density at radius 1 is 0.769 bits per heavy atom. The number of rotatable bonds is 17. The van der Waals surface area contributed by atoms with Crippen LogP contribution in [0, 0.1) is 0 Å². The van der Waals surface area contributed by atoms with Gasteiger partial charge < -0.3 is 19.1 Å². The number of hydrogen-bond acceptors (Lipinski definition) is 5. The molecular formula is C32H42NO5P. The standard InChI is InChI=1S/C32H42NO5P/c1-4-7-8-9-10-11-23-36-31-21-19-28(20-22-31)27-15-17-29(18-16-27)32(34)33-30-14-12-13-26(24-30)25-39(35,37-5-2)38-6-3/h12-22,24H,4-11,23,25H2,1-3H3,(H,33,34). The van der Waals surface area contributed by atoms with Crippen LogP contribution < -0.4 is 10.1 Å². The molecule has 3 aromatic rings. The third kappa shape index (κ3) is 10.3. The fraction of sp³-hybridized carbons (Fsp3) is 0.406. The number of anilines is 1. The maximum absolute atomic E-state index is 12.9. The van der Waals surface area contributed by atoms with E-state index in [0.29, 0.717) is 24.5 Å². The molecule has 3 rings (SSSR count). The summed E-state index contributed by atoms with van der Waals surface area (Å²) in [5.41, 5.74) is 4.04. The second-order valence-corrected chi connectivity index (χ2v) is 11.5. The zero-order valence-corrected chi connectivity index (χ0v) is 24.4. The fourth-order valence-electron chi connectivity index (χ4n) is 4.33. The van der Waals surface area contributed by atoms with Gasteiger partial charge >= 0.3 is 7.60 Å². The molecule has 0 aliphatic heterocycles. The molecule has 6 nitrogen and oxygen atoms in total. The smallest absolute Gasteiger partial charge is 0.335 e.